The quantitative estimate of drug-likeness (QED) is 0.640. The second-order valence-corrected chi connectivity index (χ2v) is 8.07. The van der Waals surface area contributed by atoms with E-state index < -0.39 is 8.56 Å². The van der Waals surface area contributed by atoms with Crippen molar-refractivity contribution in [2.75, 3.05) is 14.2 Å². The molecule has 0 heterocycles. The average molecular weight is 220 g/mol. The Labute approximate surface area is 88.2 Å². The summed E-state index contributed by atoms with van der Waals surface area (Å²) in [4.78, 5) is 0. The Balaban J connectivity index is 4.62. The summed E-state index contributed by atoms with van der Waals surface area (Å²) in [6.45, 7) is 6.16. The van der Waals surface area contributed by atoms with Gasteiger partial charge < -0.3 is 20.3 Å². The fraction of sp³-hybridized carbons (Fsp3) is 1.00. The number of hydrogen-bond donors (Lipinski definition) is 2. The third kappa shape index (κ3) is 3.03. The van der Waals surface area contributed by atoms with Gasteiger partial charge in [-0.2, -0.15) is 0 Å². The van der Waals surface area contributed by atoms with Crippen molar-refractivity contribution in [1.29, 1.82) is 0 Å². The summed E-state index contributed by atoms with van der Waals surface area (Å²) < 4.78 is 11.0. The molecule has 14 heavy (non-hydrogen) atoms. The van der Waals surface area contributed by atoms with Crippen molar-refractivity contribution < 1.29 is 8.85 Å². The van der Waals surface area contributed by atoms with Gasteiger partial charge in [0.25, 0.3) is 0 Å². The summed E-state index contributed by atoms with van der Waals surface area (Å²) >= 11 is 0. The molecule has 0 aromatic rings. The zero-order chi connectivity index (χ0) is 11.4. The molecular formula is C9H24N2O2Si. The van der Waals surface area contributed by atoms with Crippen molar-refractivity contribution >= 4 is 8.56 Å². The predicted octanol–water partition coefficient (Wildman–Crippen LogP) is 0.520. The fourth-order valence-corrected chi connectivity index (χ4v) is 4.76. The molecule has 2 atom stereocenters. The Hall–Kier alpha value is 0.0569. The van der Waals surface area contributed by atoms with Crippen LogP contribution in [0.5, 0.6) is 0 Å². The smallest absolute Gasteiger partial charge is 0.371 e. The third-order valence-electron chi connectivity index (χ3n) is 2.51. The zero-order valence-electron chi connectivity index (χ0n) is 9.91. The second-order valence-electron chi connectivity index (χ2n) is 4.15. The minimum atomic E-state index is -2.43. The maximum Gasteiger partial charge on any atom is 0.371 e. The van der Waals surface area contributed by atoms with Crippen LogP contribution in [0.1, 0.15) is 27.2 Å². The summed E-state index contributed by atoms with van der Waals surface area (Å²) in [5.74, 6) is 0.529. The SMILES string of the molecule is CO[Si](OC)(C(C)N)C(N)CC(C)C. The number of nitrogens with two attached hydrogens (primary N) is 2. The van der Waals surface area contributed by atoms with Crippen LogP contribution in [0.25, 0.3) is 0 Å². The lowest BCUT2D eigenvalue weighted by molar-refractivity contribution is 0.215. The zero-order valence-corrected chi connectivity index (χ0v) is 10.9. The standard InChI is InChI=1S/C9H24N2O2Si/c1-7(2)6-9(11)14(12-4,13-5)8(3)10/h7-9H,6,10-11H2,1-5H3. The molecule has 5 heteroatoms. The molecule has 4 nitrogen and oxygen atoms in total. The first-order valence-electron chi connectivity index (χ1n) is 5.02. The molecule has 0 rings (SSSR count). The van der Waals surface area contributed by atoms with E-state index in [-0.39, 0.29) is 11.3 Å². The van der Waals surface area contributed by atoms with Crippen molar-refractivity contribution in [2.45, 2.75) is 38.5 Å². The van der Waals surface area contributed by atoms with Gasteiger partial charge in [-0.1, -0.05) is 13.8 Å². The fourth-order valence-electron chi connectivity index (χ4n) is 1.77. The Bertz CT molecular complexity index is 161. The highest BCUT2D eigenvalue weighted by Crippen LogP contribution is 2.18. The van der Waals surface area contributed by atoms with E-state index in [0.29, 0.717) is 5.92 Å². The van der Waals surface area contributed by atoms with Crippen LogP contribution < -0.4 is 11.5 Å². The van der Waals surface area contributed by atoms with Crippen molar-refractivity contribution in [3.05, 3.63) is 0 Å². The molecular weight excluding hydrogens is 196 g/mol. The summed E-state index contributed by atoms with van der Waals surface area (Å²) in [7, 11) is 0.845. The van der Waals surface area contributed by atoms with E-state index in [9.17, 15) is 0 Å². The largest absolute Gasteiger partial charge is 0.396 e. The van der Waals surface area contributed by atoms with Crippen LogP contribution in [0.2, 0.25) is 0 Å². The highest BCUT2D eigenvalue weighted by Gasteiger charge is 2.46. The van der Waals surface area contributed by atoms with E-state index >= 15 is 0 Å². The monoisotopic (exact) mass is 220 g/mol. The molecule has 2 unspecified atom stereocenters. The van der Waals surface area contributed by atoms with Gasteiger partial charge in [-0.15, -0.1) is 0 Å². The minimum absolute atomic E-state index is 0.0718. The van der Waals surface area contributed by atoms with Crippen LogP contribution in [0.4, 0.5) is 0 Å². The van der Waals surface area contributed by atoms with E-state index in [1.807, 2.05) is 6.92 Å². The molecule has 0 amide bonds. The van der Waals surface area contributed by atoms with Gasteiger partial charge in [0.1, 0.15) is 0 Å². The van der Waals surface area contributed by atoms with Crippen molar-refractivity contribution in [3.63, 3.8) is 0 Å². The lowest BCUT2D eigenvalue weighted by Crippen LogP contribution is -2.66. The molecule has 0 fully saturated rings. The normalized spacial score (nSPS) is 17.1. The maximum absolute atomic E-state index is 6.11. The third-order valence-corrected chi connectivity index (χ3v) is 6.33. The molecule has 0 bridgehead atoms. The Morgan fingerprint density at radius 3 is 1.71 bits per heavy atom. The summed E-state index contributed by atoms with van der Waals surface area (Å²) in [5.41, 5.74) is 11.8. The van der Waals surface area contributed by atoms with Gasteiger partial charge >= 0.3 is 8.56 Å². The van der Waals surface area contributed by atoms with E-state index in [1.54, 1.807) is 14.2 Å². The van der Waals surface area contributed by atoms with E-state index in [2.05, 4.69) is 13.8 Å². The van der Waals surface area contributed by atoms with Crippen LogP contribution in [0, 0.1) is 5.92 Å². The number of rotatable bonds is 6. The molecule has 0 radical (unpaired) electrons. The van der Waals surface area contributed by atoms with Gasteiger partial charge in [-0.25, -0.2) is 0 Å². The summed E-state index contributed by atoms with van der Waals surface area (Å²) in [5, 5.41) is 0. The van der Waals surface area contributed by atoms with E-state index in [1.165, 1.54) is 0 Å². The lowest BCUT2D eigenvalue weighted by atomic mass is 10.1. The highest BCUT2D eigenvalue weighted by atomic mass is 28.4. The molecule has 0 saturated heterocycles. The Kier molecular flexibility index (Phi) is 5.85. The first-order chi connectivity index (χ1) is 6.40. The van der Waals surface area contributed by atoms with E-state index in [0.717, 1.165) is 6.42 Å². The molecule has 0 aliphatic carbocycles. The topological polar surface area (TPSA) is 70.5 Å². The molecule has 86 valence electrons. The van der Waals surface area contributed by atoms with Gasteiger partial charge in [-0.05, 0) is 19.3 Å². The predicted molar refractivity (Wildman–Crippen MR) is 60.9 cm³/mol. The first kappa shape index (κ1) is 14.1. The molecule has 0 aliphatic heterocycles. The summed E-state index contributed by atoms with van der Waals surface area (Å²) in [6.07, 6.45) is 0.884. The maximum atomic E-state index is 6.11. The van der Waals surface area contributed by atoms with Crippen LogP contribution in [0.3, 0.4) is 0 Å². The molecule has 0 spiro atoms. The Morgan fingerprint density at radius 1 is 1.07 bits per heavy atom. The van der Waals surface area contributed by atoms with E-state index in [4.69, 9.17) is 20.3 Å². The van der Waals surface area contributed by atoms with Gasteiger partial charge in [-0.3, -0.25) is 0 Å². The van der Waals surface area contributed by atoms with Crippen LogP contribution in [-0.2, 0) is 8.85 Å². The summed E-state index contributed by atoms with van der Waals surface area (Å²) in [6, 6.07) is 0. The van der Waals surface area contributed by atoms with Gasteiger partial charge in [0.15, 0.2) is 0 Å². The van der Waals surface area contributed by atoms with Crippen LogP contribution >= 0.6 is 0 Å². The van der Waals surface area contributed by atoms with Gasteiger partial charge in [0, 0.05) is 25.5 Å². The van der Waals surface area contributed by atoms with Crippen molar-refractivity contribution in [2.24, 2.45) is 17.4 Å². The molecule has 0 saturated carbocycles. The van der Waals surface area contributed by atoms with Crippen LogP contribution in [-0.4, -0.2) is 34.1 Å². The van der Waals surface area contributed by atoms with Crippen LogP contribution in [0.15, 0.2) is 0 Å². The second kappa shape index (κ2) is 5.82. The lowest BCUT2D eigenvalue weighted by Gasteiger charge is -2.36. The first-order valence-corrected chi connectivity index (χ1v) is 6.99. The van der Waals surface area contributed by atoms with Crippen molar-refractivity contribution in [3.8, 4) is 0 Å². The molecule has 0 aromatic heterocycles. The molecule has 4 N–H and O–H groups in total. The van der Waals surface area contributed by atoms with Gasteiger partial charge in [0.2, 0.25) is 0 Å². The average Bonchev–Trinajstić information content (AvgIpc) is 2.05. The highest BCUT2D eigenvalue weighted by molar-refractivity contribution is 6.70. The number of hydrogen-bond acceptors (Lipinski definition) is 4. The van der Waals surface area contributed by atoms with Gasteiger partial charge in [0.05, 0.1) is 0 Å². The molecule has 0 aromatic carbocycles. The van der Waals surface area contributed by atoms with Crippen molar-refractivity contribution in [1.82, 2.24) is 0 Å². The Morgan fingerprint density at radius 2 is 1.50 bits per heavy atom. The minimum Gasteiger partial charge on any atom is -0.396 e. The molecule has 0 aliphatic rings.